The molecule has 1 aromatic heterocycles. The Bertz CT molecular complexity index is 629. The molecule has 1 heterocycles. The van der Waals surface area contributed by atoms with Crippen LogP contribution < -0.4 is 5.56 Å². The van der Waals surface area contributed by atoms with E-state index in [9.17, 15) is 14.0 Å². The summed E-state index contributed by atoms with van der Waals surface area (Å²) in [7, 11) is 0. The van der Waals surface area contributed by atoms with Crippen LogP contribution in [0.1, 0.15) is 22.8 Å². The van der Waals surface area contributed by atoms with Crippen molar-refractivity contribution in [3.63, 3.8) is 0 Å². The van der Waals surface area contributed by atoms with E-state index in [1.807, 2.05) is 6.92 Å². The van der Waals surface area contributed by atoms with Crippen molar-refractivity contribution < 1.29 is 9.18 Å². The van der Waals surface area contributed by atoms with Crippen LogP contribution in [-0.4, -0.2) is 22.3 Å². The topological polar surface area (TPSA) is 53.2 Å². The summed E-state index contributed by atoms with van der Waals surface area (Å²) in [5, 5.41) is 0. The van der Waals surface area contributed by atoms with Crippen molar-refractivity contribution >= 4 is 5.91 Å². The first kappa shape index (κ1) is 14.0. The summed E-state index contributed by atoms with van der Waals surface area (Å²) in [5.41, 5.74) is 1.03. The van der Waals surface area contributed by atoms with Gasteiger partial charge in [0, 0.05) is 25.4 Å². The maximum absolute atomic E-state index is 12.9. The number of hydrogen-bond acceptors (Lipinski definition) is 2. The van der Waals surface area contributed by atoms with Gasteiger partial charge in [0.05, 0.1) is 5.56 Å². The fourth-order valence-corrected chi connectivity index (χ4v) is 1.86. The van der Waals surface area contributed by atoms with Crippen molar-refractivity contribution in [2.45, 2.75) is 13.5 Å². The van der Waals surface area contributed by atoms with Crippen molar-refractivity contribution in [2.75, 3.05) is 6.54 Å². The van der Waals surface area contributed by atoms with E-state index in [0.717, 1.165) is 5.56 Å². The monoisotopic (exact) mass is 274 g/mol. The Morgan fingerprint density at radius 3 is 2.45 bits per heavy atom. The van der Waals surface area contributed by atoms with Crippen LogP contribution in [-0.2, 0) is 6.54 Å². The number of aromatic nitrogens is 1. The molecule has 0 fully saturated rings. The molecular weight excluding hydrogens is 259 g/mol. The minimum absolute atomic E-state index is 0.173. The summed E-state index contributed by atoms with van der Waals surface area (Å²) >= 11 is 0. The largest absolute Gasteiger partial charge is 0.335 e. The van der Waals surface area contributed by atoms with Crippen LogP contribution in [0.5, 0.6) is 0 Å². The number of benzene rings is 1. The third-order valence-corrected chi connectivity index (χ3v) is 2.99. The zero-order chi connectivity index (χ0) is 14.5. The molecule has 0 aliphatic rings. The van der Waals surface area contributed by atoms with Gasteiger partial charge < -0.3 is 9.88 Å². The zero-order valence-corrected chi connectivity index (χ0v) is 11.1. The highest BCUT2D eigenvalue weighted by atomic mass is 19.1. The average Bonchev–Trinajstić information content (AvgIpc) is 2.47. The Hall–Kier alpha value is -2.43. The number of nitrogens with one attached hydrogen (secondary N) is 1. The summed E-state index contributed by atoms with van der Waals surface area (Å²) in [4.78, 5) is 27.4. The second-order valence-electron chi connectivity index (χ2n) is 4.39. The highest BCUT2D eigenvalue weighted by molar-refractivity contribution is 5.93. The number of carbonyl (C=O) groups is 1. The first-order chi connectivity index (χ1) is 9.60. The molecule has 0 aliphatic carbocycles. The standard InChI is InChI=1S/C15H15FN2O2/c1-2-18(10-11-3-6-13(16)7-4-11)15(20)12-5-8-14(19)17-9-12/h3-9H,2,10H2,1H3,(H,17,19). The predicted molar refractivity (Wildman–Crippen MR) is 73.9 cm³/mol. The predicted octanol–water partition coefficient (Wildman–Crippen LogP) is 2.18. The normalized spacial score (nSPS) is 10.3. The molecule has 20 heavy (non-hydrogen) atoms. The molecule has 2 rings (SSSR count). The van der Waals surface area contributed by atoms with Crippen LogP contribution in [0.4, 0.5) is 4.39 Å². The van der Waals surface area contributed by atoms with E-state index in [2.05, 4.69) is 4.98 Å². The highest BCUT2D eigenvalue weighted by Crippen LogP contribution is 2.09. The fourth-order valence-electron chi connectivity index (χ4n) is 1.86. The maximum atomic E-state index is 12.9. The lowest BCUT2D eigenvalue weighted by molar-refractivity contribution is 0.0752. The van der Waals surface area contributed by atoms with Crippen LogP contribution in [0.15, 0.2) is 47.4 Å². The molecule has 1 N–H and O–H groups in total. The van der Waals surface area contributed by atoms with Crippen molar-refractivity contribution in [3.05, 3.63) is 69.9 Å². The van der Waals surface area contributed by atoms with E-state index in [4.69, 9.17) is 0 Å². The third-order valence-electron chi connectivity index (χ3n) is 2.99. The molecular formula is C15H15FN2O2. The number of amides is 1. The lowest BCUT2D eigenvalue weighted by Gasteiger charge is -2.21. The van der Waals surface area contributed by atoms with Gasteiger partial charge in [-0.05, 0) is 30.7 Å². The summed E-state index contributed by atoms with van der Waals surface area (Å²) < 4.78 is 12.9. The van der Waals surface area contributed by atoms with Gasteiger partial charge in [-0.25, -0.2) is 4.39 Å². The molecule has 0 saturated heterocycles. The number of hydrogen-bond donors (Lipinski definition) is 1. The average molecular weight is 274 g/mol. The Labute approximate surface area is 115 Å². The Morgan fingerprint density at radius 1 is 1.20 bits per heavy atom. The quantitative estimate of drug-likeness (QED) is 0.929. The van der Waals surface area contributed by atoms with Gasteiger partial charge in [0.15, 0.2) is 0 Å². The number of aromatic amines is 1. The maximum Gasteiger partial charge on any atom is 0.255 e. The van der Waals surface area contributed by atoms with Gasteiger partial charge in [0.2, 0.25) is 5.56 Å². The van der Waals surface area contributed by atoms with Crippen LogP contribution >= 0.6 is 0 Å². The second-order valence-corrected chi connectivity index (χ2v) is 4.39. The molecule has 0 radical (unpaired) electrons. The van der Waals surface area contributed by atoms with E-state index in [1.54, 1.807) is 17.0 Å². The third kappa shape index (κ3) is 3.32. The van der Waals surface area contributed by atoms with E-state index in [1.165, 1.54) is 30.5 Å². The lowest BCUT2D eigenvalue weighted by Crippen LogP contribution is -2.30. The molecule has 2 aromatic rings. The van der Waals surface area contributed by atoms with Gasteiger partial charge >= 0.3 is 0 Å². The molecule has 0 atom stereocenters. The van der Waals surface area contributed by atoms with E-state index >= 15 is 0 Å². The minimum atomic E-state index is -0.302. The van der Waals surface area contributed by atoms with Gasteiger partial charge in [-0.1, -0.05) is 12.1 Å². The smallest absolute Gasteiger partial charge is 0.255 e. The lowest BCUT2D eigenvalue weighted by atomic mass is 10.2. The van der Waals surface area contributed by atoms with Gasteiger partial charge in [0.1, 0.15) is 5.82 Å². The first-order valence-electron chi connectivity index (χ1n) is 6.32. The molecule has 0 unspecified atom stereocenters. The van der Waals surface area contributed by atoms with Crippen molar-refractivity contribution in [2.24, 2.45) is 0 Å². The summed E-state index contributed by atoms with van der Waals surface area (Å²) in [5.74, 6) is -0.475. The van der Waals surface area contributed by atoms with Crippen molar-refractivity contribution in [3.8, 4) is 0 Å². The van der Waals surface area contributed by atoms with E-state index < -0.39 is 0 Å². The van der Waals surface area contributed by atoms with Gasteiger partial charge in [-0.15, -0.1) is 0 Å². The fraction of sp³-hybridized carbons (Fsp3) is 0.200. The summed E-state index contributed by atoms with van der Waals surface area (Å²) in [6.07, 6.45) is 1.40. The number of pyridine rings is 1. The summed E-state index contributed by atoms with van der Waals surface area (Å²) in [6, 6.07) is 8.85. The Morgan fingerprint density at radius 2 is 1.90 bits per heavy atom. The van der Waals surface area contributed by atoms with Gasteiger partial charge in [0.25, 0.3) is 5.91 Å². The van der Waals surface area contributed by atoms with E-state index in [0.29, 0.717) is 18.7 Å². The molecule has 104 valence electrons. The molecule has 4 nitrogen and oxygen atoms in total. The zero-order valence-electron chi connectivity index (χ0n) is 11.1. The minimum Gasteiger partial charge on any atom is -0.335 e. The molecule has 0 aliphatic heterocycles. The first-order valence-corrected chi connectivity index (χ1v) is 6.32. The van der Waals surface area contributed by atoms with Gasteiger partial charge in [-0.2, -0.15) is 0 Å². The second kappa shape index (κ2) is 6.14. The van der Waals surface area contributed by atoms with Crippen molar-refractivity contribution in [1.82, 2.24) is 9.88 Å². The number of carbonyl (C=O) groups excluding carboxylic acids is 1. The molecule has 1 amide bonds. The Balaban J connectivity index is 2.15. The Kier molecular flexibility index (Phi) is 4.30. The molecule has 5 heteroatoms. The van der Waals surface area contributed by atoms with Gasteiger partial charge in [-0.3, -0.25) is 9.59 Å². The molecule has 1 aromatic carbocycles. The van der Waals surface area contributed by atoms with E-state index in [-0.39, 0.29) is 17.3 Å². The molecule has 0 bridgehead atoms. The number of nitrogens with zero attached hydrogens (tertiary/aromatic N) is 1. The summed E-state index contributed by atoms with van der Waals surface area (Å²) in [6.45, 7) is 2.79. The van der Waals surface area contributed by atoms with Crippen LogP contribution in [0.3, 0.4) is 0 Å². The van der Waals surface area contributed by atoms with Crippen LogP contribution in [0, 0.1) is 5.82 Å². The SMILES string of the molecule is CCN(Cc1ccc(F)cc1)C(=O)c1ccc(=O)[nH]c1. The number of H-pyrrole nitrogens is 1. The highest BCUT2D eigenvalue weighted by Gasteiger charge is 2.14. The van der Waals surface area contributed by atoms with Crippen molar-refractivity contribution in [1.29, 1.82) is 0 Å². The molecule has 0 spiro atoms. The molecule has 0 saturated carbocycles. The number of rotatable bonds is 4. The van der Waals surface area contributed by atoms with Crippen LogP contribution in [0.25, 0.3) is 0 Å². The van der Waals surface area contributed by atoms with Crippen LogP contribution in [0.2, 0.25) is 0 Å². The number of halogens is 1.